The minimum atomic E-state index is -1.41. The lowest BCUT2D eigenvalue weighted by Gasteiger charge is -2.23. The third-order valence-electron chi connectivity index (χ3n) is 9.58. The van der Waals surface area contributed by atoms with E-state index in [1.54, 1.807) is 43.3 Å². The smallest absolute Gasteiger partial charge is 0.341 e. The van der Waals surface area contributed by atoms with Crippen LogP contribution in [0.5, 0.6) is 23.0 Å². The van der Waals surface area contributed by atoms with E-state index < -0.39 is 40.4 Å². The second-order valence-electron chi connectivity index (χ2n) is 13.6. The Morgan fingerprint density at radius 3 is 1.43 bits per heavy atom. The Kier molecular flexibility index (Phi) is 10.8. The molecule has 4 aromatic rings. The molecule has 0 spiro atoms. The molecule has 0 saturated heterocycles. The summed E-state index contributed by atoms with van der Waals surface area (Å²) in [7, 11) is 5.99. The molecule has 15 nitrogen and oxygen atoms in total. The summed E-state index contributed by atoms with van der Waals surface area (Å²) in [5, 5.41) is 18.0. The highest BCUT2D eigenvalue weighted by atomic mass is 16.5. The minimum Gasteiger partial charge on any atom is -0.493 e. The molecule has 54 heavy (non-hydrogen) atoms. The second-order valence-corrected chi connectivity index (χ2v) is 13.6. The number of benzene rings is 2. The van der Waals surface area contributed by atoms with Gasteiger partial charge in [-0.15, -0.1) is 0 Å². The van der Waals surface area contributed by atoms with E-state index in [1.165, 1.54) is 40.6 Å². The van der Waals surface area contributed by atoms with Gasteiger partial charge in [0.25, 0.3) is 11.1 Å². The van der Waals surface area contributed by atoms with Gasteiger partial charge in [0, 0.05) is 36.8 Å². The number of carboxylic acid groups (broad SMARTS) is 1. The highest BCUT2D eigenvalue weighted by molar-refractivity contribution is 6.25. The maximum absolute atomic E-state index is 13.3. The molecule has 0 bridgehead atoms. The molecule has 0 amide bonds. The Labute approximate surface area is 309 Å². The van der Waals surface area contributed by atoms with Crippen LogP contribution >= 0.6 is 0 Å². The van der Waals surface area contributed by atoms with Crippen molar-refractivity contribution in [1.29, 1.82) is 0 Å². The second kappa shape index (κ2) is 15.5. The number of rotatable bonds is 11. The fraction of sp³-hybridized carbons (Fsp3) is 0.385. The number of hydrogen-bond acceptors (Lipinski definition) is 12. The molecule has 1 N–H and O–H groups in total. The van der Waals surface area contributed by atoms with Crippen molar-refractivity contribution in [2.24, 2.45) is 11.8 Å². The number of carbonyl (C=O) groups is 4. The predicted molar refractivity (Wildman–Crippen MR) is 193 cm³/mol. The Morgan fingerprint density at radius 2 is 1.04 bits per heavy atom. The summed E-state index contributed by atoms with van der Waals surface area (Å²) >= 11 is 0. The molecular weight excluding hydrogens is 700 g/mol. The van der Waals surface area contributed by atoms with Crippen molar-refractivity contribution in [3.8, 4) is 34.4 Å². The van der Waals surface area contributed by atoms with E-state index in [1.807, 2.05) is 0 Å². The average molecular weight is 741 g/mol. The van der Waals surface area contributed by atoms with E-state index in [-0.39, 0.29) is 41.7 Å². The van der Waals surface area contributed by atoms with Gasteiger partial charge in [-0.05, 0) is 68.0 Å². The first-order valence-corrected chi connectivity index (χ1v) is 17.4. The number of nitrogens with zero attached hydrogens (tertiary/aromatic N) is 4. The van der Waals surface area contributed by atoms with Crippen LogP contribution in [0.4, 0.5) is 0 Å². The molecule has 15 heteroatoms. The maximum Gasteiger partial charge on any atom is 0.341 e. The van der Waals surface area contributed by atoms with Gasteiger partial charge in [-0.3, -0.25) is 24.0 Å². The summed E-state index contributed by atoms with van der Waals surface area (Å²) < 4.78 is 23.2. The Hall–Kier alpha value is -6.12. The Morgan fingerprint density at radius 1 is 0.630 bits per heavy atom. The Bertz CT molecular complexity index is 2250. The van der Waals surface area contributed by atoms with Gasteiger partial charge in [-0.1, -0.05) is 6.92 Å². The quantitative estimate of drug-likeness (QED) is 0.169. The normalized spacial score (nSPS) is 17.9. The first kappa shape index (κ1) is 37.6. The van der Waals surface area contributed by atoms with Gasteiger partial charge in [-0.2, -0.15) is 19.6 Å². The standard InChI is InChI=1S/C23H24N2O6.C16H16N2O5/c1-12-8-17(26)21(18(27)9-12)22(28)15-11-16(13-4-5-13)24-25(23(15)29)14-6-7-19(30-2)20(10-14)31-3;1-22-13-6-5-10(7-14(13)23-2)18-15(19)11(16(20)21)8-12(17-18)9-3-4-9/h6-7,10-13,21H,4-5,8-9H2,1-3H3;5-9H,3-4H2,1-2H3,(H,20,21). The van der Waals surface area contributed by atoms with E-state index in [0.717, 1.165) is 35.0 Å². The summed E-state index contributed by atoms with van der Waals surface area (Å²) in [6.45, 7) is 1.80. The van der Waals surface area contributed by atoms with E-state index in [4.69, 9.17) is 18.9 Å². The summed E-state index contributed by atoms with van der Waals surface area (Å²) in [5.41, 5.74) is 0.255. The van der Waals surface area contributed by atoms with Crippen LogP contribution in [0.15, 0.2) is 58.1 Å². The number of ether oxygens (including phenoxy) is 4. The predicted octanol–water partition coefficient (Wildman–Crippen LogP) is 4.32. The van der Waals surface area contributed by atoms with Crippen LogP contribution in [0, 0.1) is 11.8 Å². The van der Waals surface area contributed by atoms with E-state index in [9.17, 15) is 33.9 Å². The van der Waals surface area contributed by atoms with Crippen LogP contribution in [-0.4, -0.2) is 76.4 Å². The zero-order valence-electron chi connectivity index (χ0n) is 30.5. The van der Waals surface area contributed by atoms with Crippen LogP contribution in [0.3, 0.4) is 0 Å². The first-order chi connectivity index (χ1) is 25.9. The highest BCUT2D eigenvalue weighted by Gasteiger charge is 2.41. The molecule has 3 fully saturated rings. The molecule has 0 atom stereocenters. The molecule has 2 aromatic heterocycles. The van der Waals surface area contributed by atoms with Gasteiger partial charge in [0.2, 0.25) is 0 Å². The number of hydrogen-bond donors (Lipinski definition) is 1. The molecule has 3 saturated carbocycles. The zero-order chi connectivity index (χ0) is 38.8. The van der Waals surface area contributed by atoms with Crippen molar-refractivity contribution in [2.75, 3.05) is 28.4 Å². The number of methoxy groups -OCH3 is 4. The SMILES string of the molecule is COc1ccc(-n2nc(C3CC3)cc(C(=O)C3C(=O)CC(C)CC3=O)c2=O)cc1OC.COc1ccc(-n2nc(C3CC3)cc(C(=O)O)c2=O)cc1OC. The van der Waals surface area contributed by atoms with Gasteiger partial charge < -0.3 is 24.1 Å². The van der Waals surface area contributed by atoms with Crippen molar-refractivity contribution in [2.45, 2.75) is 57.3 Å². The molecule has 0 unspecified atom stereocenters. The van der Waals surface area contributed by atoms with Gasteiger partial charge in [0.1, 0.15) is 11.5 Å². The lowest BCUT2D eigenvalue weighted by Crippen LogP contribution is -2.41. The first-order valence-electron chi connectivity index (χ1n) is 17.4. The number of ketones is 3. The van der Waals surface area contributed by atoms with Gasteiger partial charge >= 0.3 is 5.97 Å². The number of aromatic carboxylic acids is 1. The lowest BCUT2D eigenvalue weighted by molar-refractivity contribution is -0.134. The van der Waals surface area contributed by atoms with Crippen molar-refractivity contribution < 1.29 is 43.2 Å². The van der Waals surface area contributed by atoms with E-state index in [0.29, 0.717) is 45.8 Å². The summed E-state index contributed by atoms with van der Waals surface area (Å²) in [5.74, 6) is -2.11. The van der Waals surface area contributed by atoms with E-state index >= 15 is 0 Å². The van der Waals surface area contributed by atoms with Crippen LogP contribution in [0.1, 0.15) is 89.4 Å². The molecule has 2 heterocycles. The fourth-order valence-corrected chi connectivity index (χ4v) is 6.40. The van der Waals surface area contributed by atoms with Crippen molar-refractivity contribution in [3.63, 3.8) is 0 Å². The van der Waals surface area contributed by atoms with Crippen LogP contribution in [-0.2, 0) is 9.59 Å². The van der Waals surface area contributed by atoms with E-state index in [2.05, 4.69) is 10.2 Å². The molecule has 0 radical (unpaired) electrons. The van der Waals surface area contributed by atoms with Gasteiger partial charge in [-0.25, -0.2) is 4.79 Å². The molecule has 3 aliphatic rings. The summed E-state index contributed by atoms with van der Waals surface area (Å²) in [4.78, 5) is 75.2. The largest absolute Gasteiger partial charge is 0.493 e. The average Bonchev–Trinajstić information content (AvgIpc) is 4.09. The maximum atomic E-state index is 13.3. The van der Waals surface area contributed by atoms with Crippen LogP contribution in [0.2, 0.25) is 0 Å². The summed E-state index contributed by atoms with van der Waals surface area (Å²) in [6.07, 6.45) is 4.04. The molecule has 3 aliphatic carbocycles. The van der Waals surface area contributed by atoms with Crippen LogP contribution < -0.4 is 30.1 Å². The molecule has 2 aromatic carbocycles. The topological polar surface area (TPSA) is 195 Å². The third kappa shape index (κ3) is 7.65. The number of aromatic nitrogens is 4. The minimum absolute atomic E-state index is 0.0908. The number of carbonyl (C=O) groups excluding carboxylic acids is 3. The Balaban J connectivity index is 0.000000193. The lowest BCUT2D eigenvalue weighted by atomic mass is 9.77. The zero-order valence-corrected chi connectivity index (χ0v) is 30.5. The molecule has 7 rings (SSSR count). The highest BCUT2D eigenvalue weighted by Crippen LogP contribution is 2.40. The van der Waals surface area contributed by atoms with Gasteiger partial charge in [0.15, 0.2) is 40.3 Å². The monoisotopic (exact) mass is 740 g/mol. The molecule has 282 valence electrons. The number of Topliss-reactive ketones (excluding diaryl/α,β-unsaturated/α-hetero) is 3. The molecule has 0 aliphatic heterocycles. The van der Waals surface area contributed by atoms with Gasteiger partial charge in [0.05, 0.1) is 56.8 Å². The third-order valence-corrected chi connectivity index (χ3v) is 9.58. The summed E-state index contributed by atoms with van der Waals surface area (Å²) in [6, 6.07) is 12.6. The number of carboxylic acids is 1. The van der Waals surface area contributed by atoms with Crippen molar-refractivity contribution >= 4 is 23.3 Å². The van der Waals surface area contributed by atoms with Crippen LogP contribution in [0.25, 0.3) is 11.4 Å². The fourth-order valence-electron chi connectivity index (χ4n) is 6.40. The van der Waals surface area contributed by atoms with Crippen molar-refractivity contribution in [1.82, 2.24) is 19.6 Å². The van der Waals surface area contributed by atoms with Crippen molar-refractivity contribution in [3.05, 3.63) is 91.8 Å². The molecular formula is C39H40N4O11.